The van der Waals surface area contributed by atoms with Crippen molar-refractivity contribution >= 4 is 0 Å². The van der Waals surface area contributed by atoms with Crippen LogP contribution in [0.15, 0.2) is 24.3 Å². The van der Waals surface area contributed by atoms with Crippen molar-refractivity contribution in [1.29, 1.82) is 0 Å². The van der Waals surface area contributed by atoms with E-state index in [0.717, 1.165) is 6.54 Å². The molecule has 0 amide bonds. The highest BCUT2D eigenvalue weighted by molar-refractivity contribution is 5.25. The predicted octanol–water partition coefficient (Wildman–Crippen LogP) is 2.28. The van der Waals surface area contributed by atoms with E-state index in [-0.39, 0.29) is 0 Å². The summed E-state index contributed by atoms with van der Waals surface area (Å²) >= 11 is 0. The number of hydrogen-bond acceptors (Lipinski definition) is 3. The lowest BCUT2D eigenvalue weighted by atomic mass is 10.0. The lowest BCUT2D eigenvalue weighted by Crippen LogP contribution is -2.42. The normalized spacial score (nSPS) is 23.5. The fourth-order valence-corrected chi connectivity index (χ4v) is 3.18. The molecule has 0 radical (unpaired) electrons. The van der Waals surface area contributed by atoms with Crippen molar-refractivity contribution in [1.82, 2.24) is 15.1 Å². The van der Waals surface area contributed by atoms with E-state index in [1.54, 1.807) is 0 Å². The number of rotatable bonds is 4. The van der Waals surface area contributed by atoms with E-state index in [1.165, 1.54) is 37.2 Å². The molecule has 1 N–H and O–H groups in total. The molecule has 2 atom stereocenters. The molecule has 1 aliphatic rings. The minimum Gasteiger partial charge on any atom is -0.312 e. The Labute approximate surface area is 124 Å². The third kappa shape index (κ3) is 4.05. The molecule has 1 saturated heterocycles. The Bertz CT molecular complexity index is 418. The van der Waals surface area contributed by atoms with Crippen LogP contribution >= 0.6 is 0 Å². The first kappa shape index (κ1) is 15.5. The molecule has 0 aliphatic carbocycles. The van der Waals surface area contributed by atoms with Crippen LogP contribution in [0, 0.1) is 6.92 Å². The van der Waals surface area contributed by atoms with E-state index in [1.807, 2.05) is 0 Å². The van der Waals surface area contributed by atoms with Gasteiger partial charge in [0.25, 0.3) is 0 Å². The Hall–Kier alpha value is -0.900. The Morgan fingerprint density at radius 2 is 2.15 bits per heavy atom. The van der Waals surface area contributed by atoms with Gasteiger partial charge in [0.15, 0.2) is 0 Å². The standard InChI is InChI=1S/C17H29N3/c1-14-7-5-8-16(11-14)17(18-3)13-20-10-6-9-19(4)12-15(20)2/h5,7-8,11,15,17-18H,6,9-10,12-13H2,1-4H3. The minimum atomic E-state index is 0.417. The average molecular weight is 275 g/mol. The van der Waals surface area contributed by atoms with E-state index in [2.05, 4.69) is 67.3 Å². The summed E-state index contributed by atoms with van der Waals surface area (Å²) in [5.41, 5.74) is 2.74. The zero-order chi connectivity index (χ0) is 14.5. The van der Waals surface area contributed by atoms with Crippen LogP contribution in [0.2, 0.25) is 0 Å². The van der Waals surface area contributed by atoms with Crippen molar-refractivity contribution in [3.05, 3.63) is 35.4 Å². The van der Waals surface area contributed by atoms with Crippen LogP contribution in [0.25, 0.3) is 0 Å². The third-order valence-electron chi connectivity index (χ3n) is 4.39. The summed E-state index contributed by atoms with van der Waals surface area (Å²) in [5.74, 6) is 0. The molecule has 112 valence electrons. The SMILES string of the molecule is CNC(CN1CCCN(C)CC1C)c1cccc(C)c1. The summed E-state index contributed by atoms with van der Waals surface area (Å²) in [7, 11) is 4.30. The van der Waals surface area contributed by atoms with Crippen LogP contribution in [-0.2, 0) is 0 Å². The number of likely N-dealkylation sites (N-methyl/N-ethyl adjacent to an activating group) is 2. The van der Waals surface area contributed by atoms with Gasteiger partial charge in [-0.05, 0) is 53.0 Å². The first-order chi connectivity index (χ1) is 9.60. The van der Waals surface area contributed by atoms with Crippen LogP contribution < -0.4 is 5.32 Å². The van der Waals surface area contributed by atoms with Crippen molar-refractivity contribution in [2.45, 2.75) is 32.4 Å². The number of benzene rings is 1. The molecule has 2 unspecified atom stereocenters. The lowest BCUT2D eigenvalue weighted by Gasteiger charge is -2.31. The third-order valence-corrected chi connectivity index (χ3v) is 4.39. The maximum absolute atomic E-state index is 3.49. The monoisotopic (exact) mass is 275 g/mol. The highest BCUT2D eigenvalue weighted by Crippen LogP contribution is 2.18. The largest absolute Gasteiger partial charge is 0.312 e. The van der Waals surface area contributed by atoms with Gasteiger partial charge in [0, 0.05) is 25.2 Å². The van der Waals surface area contributed by atoms with E-state index in [0.29, 0.717) is 12.1 Å². The van der Waals surface area contributed by atoms with Crippen molar-refractivity contribution in [3.8, 4) is 0 Å². The van der Waals surface area contributed by atoms with Crippen LogP contribution in [0.5, 0.6) is 0 Å². The maximum atomic E-state index is 3.49. The molecule has 1 fully saturated rings. The van der Waals surface area contributed by atoms with E-state index in [4.69, 9.17) is 0 Å². The van der Waals surface area contributed by atoms with Crippen molar-refractivity contribution < 1.29 is 0 Å². The van der Waals surface area contributed by atoms with Gasteiger partial charge in [0.2, 0.25) is 0 Å². The molecule has 1 heterocycles. The van der Waals surface area contributed by atoms with Gasteiger partial charge in [0.1, 0.15) is 0 Å². The molecule has 3 nitrogen and oxygen atoms in total. The Morgan fingerprint density at radius 1 is 1.35 bits per heavy atom. The van der Waals surface area contributed by atoms with Crippen molar-refractivity contribution in [2.24, 2.45) is 0 Å². The summed E-state index contributed by atoms with van der Waals surface area (Å²) in [6.07, 6.45) is 1.27. The number of nitrogens with one attached hydrogen (secondary N) is 1. The first-order valence-electron chi connectivity index (χ1n) is 7.76. The average Bonchev–Trinajstić information content (AvgIpc) is 2.57. The van der Waals surface area contributed by atoms with Gasteiger partial charge in [-0.2, -0.15) is 0 Å². The van der Waals surface area contributed by atoms with E-state index in [9.17, 15) is 0 Å². The molecule has 1 aliphatic heterocycles. The van der Waals surface area contributed by atoms with Gasteiger partial charge >= 0.3 is 0 Å². The van der Waals surface area contributed by atoms with Gasteiger partial charge in [-0.3, -0.25) is 4.90 Å². The van der Waals surface area contributed by atoms with Gasteiger partial charge in [0.05, 0.1) is 0 Å². The molecular formula is C17H29N3. The topological polar surface area (TPSA) is 18.5 Å². The molecule has 1 aromatic rings. The number of nitrogens with zero attached hydrogens (tertiary/aromatic N) is 2. The van der Waals surface area contributed by atoms with Gasteiger partial charge in [-0.1, -0.05) is 29.8 Å². The van der Waals surface area contributed by atoms with Crippen molar-refractivity contribution in [3.63, 3.8) is 0 Å². The van der Waals surface area contributed by atoms with Crippen LogP contribution in [0.3, 0.4) is 0 Å². The van der Waals surface area contributed by atoms with Gasteiger partial charge in [-0.25, -0.2) is 0 Å². The fraction of sp³-hybridized carbons (Fsp3) is 0.647. The summed E-state index contributed by atoms with van der Waals surface area (Å²) < 4.78 is 0. The smallest absolute Gasteiger partial charge is 0.0447 e. The summed E-state index contributed by atoms with van der Waals surface area (Å²) in [6.45, 7) is 9.20. The predicted molar refractivity (Wildman–Crippen MR) is 86.1 cm³/mol. The minimum absolute atomic E-state index is 0.417. The Balaban J connectivity index is 2.05. The molecular weight excluding hydrogens is 246 g/mol. The number of hydrogen-bond donors (Lipinski definition) is 1. The Kier molecular flexibility index (Phi) is 5.58. The highest BCUT2D eigenvalue weighted by Gasteiger charge is 2.22. The van der Waals surface area contributed by atoms with Crippen molar-refractivity contribution in [2.75, 3.05) is 40.3 Å². The quantitative estimate of drug-likeness (QED) is 0.909. The zero-order valence-corrected chi connectivity index (χ0v) is 13.4. The first-order valence-corrected chi connectivity index (χ1v) is 7.76. The molecule has 0 bridgehead atoms. The van der Waals surface area contributed by atoms with E-state index < -0.39 is 0 Å². The lowest BCUT2D eigenvalue weighted by molar-refractivity contribution is 0.185. The molecule has 0 aromatic heterocycles. The second-order valence-electron chi connectivity index (χ2n) is 6.22. The molecule has 1 aromatic carbocycles. The molecule has 0 spiro atoms. The summed E-state index contributed by atoms with van der Waals surface area (Å²) in [4.78, 5) is 5.08. The van der Waals surface area contributed by atoms with Gasteiger partial charge < -0.3 is 10.2 Å². The number of aryl methyl sites for hydroxylation is 1. The maximum Gasteiger partial charge on any atom is 0.0447 e. The van der Waals surface area contributed by atoms with E-state index >= 15 is 0 Å². The molecule has 0 saturated carbocycles. The Morgan fingerprint density at radius 3 is 2.85 bits per heavy atom. The second kappa shape index (κ2) is 7.21. The van der Waals surface area contributed by atoms with Crippen LogP contribution in [-0.4, -0.2) is 56.1 Å². The molecule has 20 heavy (non-hydrogen) atoms. The summed E-state index contributed by atoms with van der Waals surface area (Å²) in [6, 6.07) is 9.91. The highest BCUT2D eigenvalue weighted by atomic mass is 15.2. The van der Waals surface area contributed by atoms with Crippen LogP contribution in [0.4, 0.5) is 0 Å². The van der Waals surface area contributed by atoms with Crippen LogP contribution in [0.1, 0.15) is 30.5 Å². The van der Waals surface area contributed by atoms with Gasteiger partial charge in [-0.15, -0.1) is 0 Å². The molecule has 3 heteroatoms. The molecule has 2 rings (SSSR count). The summed E-state index contributed by atoms with van der Waals surface area (Å²) in [5, 5.41) is 3.49. The zero-order valence-electron chi connectivity index (χ0n) is 13.4. The second-order valence-corrected chi connectivity index (χ2v) is 6.22. The fourth-order valence-electron chi connectivity index (χ4n) is 3.18.